The van der Waals surface area contributed by atoms with E-state index in [0.29, 0.717) is 5.56 Å². The Morgan fingerprint density at radius 1 is 0.985 bits per heavy atom. The van der Waals surface area contributed by atoms with Gasteiger partial charge in [-0.05, 0) is 12.1 Å². The van der Waals surface area contributed by atoms with E-state index in [9.17, 15) is 29.5 Å². The van der Waals surface area contributed by atoms with Crippen molar-refractivity contribution in [1.29, 1.82) is 10.5 Å². The molecule has 7 heterocycles. The zero-order chi connectivity index (χ0) is 46.8. The van der Waals surface area contributed by atoms with Gasteiger partial charge in [0.05, 0.1) is 57.3 Å². The second-order valence-electron chi connectivity index (χ2n) is 15.2. The van der Waals surface area contributed by atoms with Gasteiger partial charge in [-0.2, -0.15) is 10.5 Å². The third-order valence-corrected chi connectivity index (χ3v) is 13.1. The number of nitriles is 2. The number of Topliss-reactive ketones (excluding diaryl/α,β-unsaturated/α-hetero) is 2. The summed E-state index contributed by atoms with van der Waals surface area (Å²) >= 11 is 0. The van der Waals surface area contributed by atoms with Gasteiger partial charge in [0, 0.05) is 23.6 Å². The Hall–Kier alpha value is -5.30. The fourth-order valence-electron chi connectivity index (χ4n) is 7.18. The van der Waals surface area contributed by atoms with Gasteiger partial charge in [0.25, 0.3) is 5.91 Å². The molecule has 3 aromatic heterocycles. The smallest absolute Gasteiger partial charge is 0.346 e. The summed E-state index contributed by atoms with van der Waals surface area (Å²) in [6, 6.07) is 12.2. The summed E-state index contributed by atoms with van der Waals surface area (Å²) in [5.74, 6) is -1.41. The van der Waals surface area contributed by atoms with Crippen molar-refractivity contribution in [2.24, 2.45) is 10.9 Å². The maximum absolute atomic E-state index is 17.1. The van der Waals surface area contributed by atoms with Crippen molar-refractivity contribution in [3.05, 3.63) is 60.6 Å². The Kier molecular flexibility index (Phi) is 14.2. The van der Waals surface area contributed by atoms with E-state index >= 15 is 8.78 Å². The van der Waals surface area contributed by atoms with E-state index in [1.807, 2.05) is 12.1 Å². The maximum Gasteiger partial charge on any atom is 0.475 e. The number of aromatic nitrogens is 6. The Morgan fingerprint density at radius 2 is 1.68 bits per heavy atom. The normalized spacial score (nSPS) is 30.0. The Morgan fingerprint density at radius 3 is 2.42 bits per heavy atom. The van der Waals surface area contributed by atoms with Crippen LogP contribution in [0, 0.1) is 28.6 Å². The zero-order valence-corrected chi connectivity index (χ0v) is 36.3. The second kappa shape index (κ2) is 19.9. The van der Waals surface area contributed by atoms with Crippen molar-refractivity contribution in [2.75, 3.05) is 31.7 Å². The van der Waals surface area contributed by atoms with Crippen LogP contribution in [0.2, 0.25) is 0 Å². The standard InChI is InChI=1S/C39H43BF2N10O12P2/c1-21(2)24(53)14-23-15-25(54)30-36(49-23)52(19-47-30)39-28(41)32-27(62-39)17-60-66(56,58-13-7-11-44)64-33-26(16-59-65(40,63-32)57-12-6-10-43)61-38(29(33)42)51-20-48-31-34(45-18-46-35(31)51)50-37(55)22-8-4-3-5-9-22/h3-5,8-9,18-21,26-29,32-33,38-39H,6-7,12-17H2,1-2,40H3,(H,45,46,50,55)/t26?,27-,28-,29-,32-,33-,38-,39-,65?,66?/m1/s1. The number of benzene rings is 1. The molecule has 0 bridgehead atoms. The van der Waals surface area contributed by atoms with Gasteiger partial charge in [0.15, 0.2) is 65.2 Å². The molecule has 3 unspecified atom stereocenters. The first-order chi connectivity index (χ1) is 31.7. The highest BCUT2D eigenvalue weighted by Gasteiger charge is 2.57. The summed E-state index contributed by atoms with van der Waals surface area (Å²) in [5, 5.41) is 21.3. The molecule has 10 atom stereocenters. The highest BCUT2D eigenvalue weighted by atomic mass is 31.2. The van der Waals surface area contributed by atoms with Gasteiger partial charge in [0.1, 0.15) is 43.6 Å². The fourth-order valence-corrected chi connectivity index (χ4v) is 9.73. The first-order valence-corrected chi connectivity index (χ1v) is 22.8. The van der Waals surface area contributed by atoms with Gasteiger partial charge in [-0.25, -0.2) is 51.8 Å². The number of aliphatic imine (C=N–C) groups is 1. The van der Waals surface area contributed by atoms with E-state index in [2.05, 4.69) is 30.2 Å². The van der Waals surface area contributed by atoms with Crippen LogP contribution < -0.4 is 5.32 Å². The topological polar surface area (TPSA) is 276 Å². The number of carbonyl (C=O) groups is 3. The van der Waals surface area contributed by atoms with Gasteiger partial charge < -0.3 is 14.8 Å². The number of amides is 1. The molecule has 0 radical (unpaired) electrons. The van der Waals surface area contributed by atoms with Crippen LogP contribution in [0.25, 0.3) is 11.2 Å². The van der Waals surface area contributed by atoms with Crippen molar-refractivity contribution >= 4 is 69.2 Å². The molecule has 1 amide bonds. The van der Waals surface area contributed by atoms with E-state index in [0.717, 1.165) is 6.33 Å². The fraction of sp³-hybridized carbons (Fsp3) is 0.487. The largest absolute Gasteiger partial charge is 0.475 e. The summed E-state index contributed by atoms with van der Waals surface area (Å²) in [5.41, 5.74) is 0.682. The number of alkyl halides is 2. The number of carbonyl (C=O) groups excluding carboxylic acids is 3. The molecule has 0 spiro atoms. The molecule has 0 aliphatic carbocycles. The maximum atomic E-state index is 17.1. The van der Waals surface area contributed by atoms with E-state index in [1.165, 1.54) is 21.8 Å². The molecule has 4 aromatic rings. The molecule has 8 rings (SSSR count). The molecule has 0 saturated carbocycles. The van der Waals surface area contributed by atoms with Crippen molar-refractivity contribution in [2.45, 2.75) is 88.7 Å². The Labute approximate surface area is 376 Å². The third kappa shape index (κ3) is 9.87. The molecule has 1 aromatic carbocycles. The van der Waals surface area contributed by atoms with Crippen LogP contribution in [-0.4, -0.2) is 123 Å². The second-order valence-corrected chi connectivity index (χ2v) is 18.0. The minimum atomic E-state index is -4.91. The third-order valence-electron chi connectivity index (χ3n) is 10.5. The minimum absolute atomic E-state index is 0.0234. The first-order valence-electron chi connectivity index (χ1n) is 20.2. The predicted molar refractivity (Wildman–Crippen MR) is 229 cm³/mol. The van der Waals surface area contributed by atoms with E-state index in [4.69, 9.17) is 36.6 Å². The SMILES string of the molecule is [BH3-][P+]1(OCCC#N)OCC2O[C@@H](n3cnc4c(NC(=O)c5ccccc5)ncnc43)[C@H](F)[C@@H]2OP(=O)(OCCC#N)OC[C@H]2O[C@@H](n3cnc4c3N=C(CC(=O)C(C)C)CC4=O)[C@H](F)[C@@H]2O1. The molecule has 1 N–H and O–H groups in total. The van der Waals surface area contributed by atoms with E-state index < -0.39 is 104 Å². The van der Waals surface area contributed by atoms with Crippen molar-refractivity contribution in [3.8, 4) is 12.1 Å². The summed E-state index contributed by atoms with van der Waals surface area (Å²) in [4.78, 5) is 60.2. The average Bonchev–Trinajstić information content (AvgIpc) is 4.07. The van der Waals surface area contributed by atoms with Crippen LogP contribution in [0.5, 0.6) is 0 Å². The van der Waals surface area contributed by atoms with Crippen LogP contribution in [0.1, 0.15) is 72.8 Å². The highest BCUT2D eigenvalue weighted by Crippen LogP contribution is 2.62. The number of fused-ring (bicyclic) bond motifs is 4. The van der Waals surface area contributed by atoms with Gasteiger partial charge in [-0.15, -0.1) is 0 Å². The van der Waals surface area contributed by atoms with Gasteiger partial charge >= 0.3 is 7.82 Å². The summed E-state index contributed by atoms with van der Waals surface area (Å²) in [7, 11) is -9.64. The summed E-state index contributed by atoms with van der Waals surface area (Å²) in [6.07, 6.45) is -10.7. The summed E-state index contributed by atoms with van der Waals surface area (Å²) < 4.78 is 99.6. The van der Waals surface area contributed by atoms with Crippen molar-refractivity contribution in [3.63, 3.8) is 0 Å². The quantitative estimate of drug-likeness (QED) is 0.109. The number of ketones is 2. The predicted octanol–water partition coefficient (Wildman–Crippen LogP) is 4.55. The monoisotopic (exact) mass is 954 g/mol. The van der Waals surface area contributed by atoms with Crippen molar-refractivity contribution < 1.29 is 64.3 Å². The molecule has 4 aliphatic rings. The zero-order valence-electron chi connectivity index (χ0n) is 34.5. The Balaban J connectivity index is 1.10. The van der Waals surface area contributed by atoms with Gasteiger partial charge in [0.2, 0.25) is 15.4 Å². The molecule has 27 heteroatoms. The highest BCUT2D eigenvalue weighted by molar-refractivity contribution is 7.85. The molecule has 348 valence electrons. The number of nitrogens with one attached hydrogen (secondary N) is 1. The van der Waals surface area contributed by atoms with Gasteiger partial charge in [-0.3, -0.25) is 37.1 Å². The molecular formula is C39H43BF2N10O12P2. The molecule has 22 nitrogen and oxygen atoms in total. The summed E-state index contributed by atoms with van der Waals surface area (Å²) in [6.45, 7) is 1.50. The number of nitrogens with zero attached hydrogens (tertiary/aromatic N) is 9. The van der Waals surface area contributed by atoms with E-state index in [-0.39, 0.29) is 78.2 Å². The lowest BCUT2D eigenvalue weighted by molar-refractivity contribution is -0.120. The van der Waals surface area contributed by atoms with Crippen molar-refractivity contribution in [1.82, 2.24) is 29.1 Å². The molecule has 4 aliphatic heterocycles. The molecule has 3 saturated heterocycles. The number of ether oxygens (including phenoxy) is 2. The number of hydrogen-bond acceptors (Lipinski definition) is 19. The molecular weight excluding hydrogens is 911 g/mol. The minimum Gasteiger partial charge on any atom is -0.346 e. The average molecular weight is 955 g/mol. The van der Waals surface area contributed by atoms with E-state index in [1.54, 1.807) is 44.2 Å². The van der Waals surface area contributed by atoms with Gasteiger partial charge in [-0.1, -0.05) is 32.0 Å². The van der Waals surface area contributed by atoms with Crippen LogP contribution in [-0.2, 0) is 46.0 Å². The number of halogens is 2. The molecule has 3 fully saturated rings. The number of phosphoric acid groups is 1. The van der Waals surface area contributed by atoms with Crippen LogP contribution in [0.15, 0.2) is 54.3 Å². The van der Waals surface area contributed by atoms with Crippen LogP contribution >= 0.6 is 15.6 Å². The lowest BCUT2D eigenvalue weighted by atomic mass is 9.98. The number of anilines is 1. The number of hydrogen-bond donors (Lipinski definition) is 1. The number of rotatable bonds is 13. The Bertz CT molecular complexity index is 2650. The van der Waals surface area contributed by atoms with Crippen LogP contribution in [0.4, 0.5) is 20.4 Å². The first kappa shape index (κ1) is 47.2. The lowest BCUT2D eigenvalue weighted by Crippen LogP contribution is -2.38. The number of phosphoric ester groups is 1. The lowest BCUT2D eigenvalue weighted by Gasteiger charge is -2.32. The number of imidazole rings is 2. The van der Waals surface area contributed by atoms with Crippen LogP contribution in [0.3, 0.4) is 0 Å². The molecule has 66 heavy (non-hydrogen) atoms.